The number of hydrogen-bond acceptors (Lipinski definition) is 3. The molecule has 0 fully saturated rings. The third-order valence-corrected chi connectivity index (χ3v) is 3.29. The molecule has 0 saturated heterocycles. The lowest BCUT2D eigenvalue weighted by atomic mass is 10.2. The van der Waals surface area contributed by atoms with Gasteiger partial charge in [0.05, 0.1) is 12.7 Å². The summed E-state index contributed by atoms with van der Waals surface area (Å²) in [6.07, 6.45) is 3.93. The van der Waals surface area contributed by atoms with Crippen molar-refractivity contribution in [2.24, 2.45) is 0 Å². The number of furan rings is 1. The van der Waals surface area contributed by atoms with Gasteiger partial charge in [0, 0.05) is 17.8 Å². The SMILES string of the molecule is O=C(Cc1cccs1)NCCCc1ccco1. The Kier molecular flexibility index (Phi) is 4.38. The zero-order valence-electron chi connectivity index (χ0n) is 9.52. The van der Waals surface area contributed by atoms with E-state index in [1.165, 1.54) is 0 Å². The fraction of sp³-hybridized carbons (Fsp3) is 0.308. The van der Waals surface area contributed by atoms with Crippen molar-refractivity contribution in [3.05, 3.63) is 46.5 Å². The molecule has 3 nitrogen and oxygen atoms in total. The third kappa shape index (κ3) is 4.07. The molecule has 0 unspecified atom stereocenters. The molecule has 90 valence electrons. The van der Waals surface area contributed by atoms with E-state index < -0.39 is 0 Å². The molecule has 0 spiro atoms. The van der Waals surface area contributed by atoms with Gasteiger partial charge in [-0.05, 0) is 30.0 Å². The van der Waals surface area contributed by atoms with Crippen molar-refractivity contribution in [1.29, 1.82) is 0 Å². The molecule has 4 heteroatoms. The quantitative estimate of drug-likeness (QED) is 0.800. The van der Waals surface area contributed by atoms with Gasteiger partial charge >= 0.3 is 0 Å². The molecule has 0 bridgehead atoms. The molecule has 2 heterocycles. The van der Waals surface area contributed by atoms with Crippen LogP contribution in [0.15, 0.2) is 40.3 Å². The van der Waals surface area contributed by atoms with Crippen LogP contribution in [0.1, 0.15) is 17.1 Å². The van der Waals surface area contributed by atoms with Crippen molar-refractivity contribution < 1.29 is 9.21 Å². The molecule has 0 saturated carbocycles. The van der Waals surface area contributed by atoms with Crippen molar-refractivity contribution >= 4 is 17.2 Å². The molecule has 1 amide bonds. The Morgan fingerprint density at radius 2 is 2.29 bits per heavy atom. The summed E-state index contributed by atoms with van der Waals surface area (Å²) in [6, 6.07) is 7.77. The molecule has 1 N–H and O–H groups in total. The van der Waals surface area contributed by atoms with Crippen LogP contribution in [-0.4, -0.2) is 12.5 Å². The van der Waals surface area contributed by atoms with Crippen LogP contribution in [0, 0.1) is 0 Å². The molecule has 0 aromatic carbocycles. The number of rotatable bonds is 6. The number of aryl methyl sites for hydroxylation is 1. The van der Waals surface area contributed by atoms with E-state index in [0.717, 1.165) is 23.5 Å². The van der Waals surface area contributed by atoms with Crippen LogP contribution >= 0.6 is 11.3 Å². The van der Waals surface area contributed by atoms with Crippen LogP contribution < -0.4 is 5.32 Å². The number of carbonyl (C=O) groups is 1. The van der Waals surface area contributed by atoms with Crippen molar-refractivity contribution in [1.82, 2.24) is 5.32 Å². The van der Waals surface area contributed by atoms with Crippen molar-refractivity contribution in [2.45, 2.75) is 19.3 Å². The number of nitrogens with one attached hydrogen (secondary N) is 1. The van der Waals surface area contributed by atoms with Gasteiger partial charge in [-0.25, -0.2) is 0 Å². The molecule has 2 rings (SSSR count). The molecule has 17 heavy (non-hydrogen) atoms. The maximum Gasteiger partial charge on any atom is 0.225 e. The van der Waals surface area contributed by atoms with Gasteiger partial charge < -0.3 is 9.73 Å². The Morgan fingerprint density at radius 1 is 1.35 bits per heavy atom. The van der Waals surface area contributed by atoms with E-state index >= 15 is 0 Å². The van der Waals surface area contributed by atoms with E-state index in [1.54, 1.807) is 17.6 Å². The van der Waals surface area contributed by atoms with E-state index in [9.17, 15) is 4.79 Å². The third-order valence-electron chi connectivity index (χ3n) is 2.42. The van der Waals surface area contributed by atoms with Gasteiger partial charge in [-0.3, -0.25) is 4.79 Å². The van der Waals surface area contributed by atoms with Gasteiger partial charge in [0.25, 0.3) is 0 Å². The molecule has 0 aliphatic rings. The maximum absolute atomic E-state index is 11.5. The monoisotopic (exact) mass is 249 g/mol. The average Bonchev–Trinajstić information content (AvgIpc) is 2.96. The lowest BCUT2D eigenvalue weighted by Crippen LogP contribution is -2.26. The molecule has 2 aromatic rings. The summed E-state index contributed by atoms with van der Waals surface area (Å²) in [4.78, 5) is 12.6. The zero-order chi connectivity index (χ0) is 11.9. The summed E-state index contributed by atoms with van der Waals surface area (Å²) in [5, 5.41) is 4.90. The Labute approximate surface area is 104 Å². The second-order valence-corrected chi connectivity index (χ2v) is 4.82. The number of amides is 1. The van der Waals surface area contributed by atoms with E-state index in [1.807, 2.05) is 29.6 Å². The highest BCUT2D eigenvalue weighted by Gasteiger charge is 2.03. The fourth-order valence-corrected chi connectivity index (χ4v) is 2.28. The lowest BCUT2D eigenvalue weighted by molar-refractivity contribution is -0.120. The van der Waals surface area contributed by atoms with Crippen LogP contribution in [-0.2, 0) is 17.6 Å². The Bertz CT molecular complexity index is 434. The summed E-state index contributed by atoms with van der Waals surface area (Å²) in [7, 11) is 0. The van der Waals surface area contributed by atoms with Crippen LogP contribution in [0.3, 0.4) is 0 Å². The summed E-state index contributed by atoms with van der Waals surface area (Å²) in [5.74, 6) is 1.06. The normalized spacial score (nSPS) is 10.4. The molecule has 0 radical (unpaired) electrons. The van der Waals surface area contributed by atoms with E-state index in [-0.39, 0.29) is 5.91 Å². The first-order chi connectivity index (χ1) is 8.34. The average molecular weight is 249 g/mol. The van der Waals surface area contributed by atoms with Crippen molar-refractivity contribution in [2.75, 3.05) is 6.54 Å². The van der Waals surface area contributed by atoms with Gasteiger partial charge in [-0.2, -0.15) is 0 Å². The first kappa shape index (κ1) is 11.9. The van der Waals surface area contributed by atoms with Gasteiger partial charge in [-0.15, -0.1) is 11.3 Å². The van der Waals surface area contributed by atoms with E-state index in [4.69, 9.17) is 4.42 Å². The van der Waals surface area contributed by atoms with Crippen molar-refractivity contribution in [3.63, 3.8) is 0 Å². The fourth-order valence-electron chi connectivity index (χ4n) is 1.58. The first-order valence-electron chi connectivity index (χ1n) is 5.66. The van der Waals surface area contributed by atoms with Crippen LogP contribution in [0.25, 0.3) is 0 Å². The maximum atomic E-state index is 11.5. The second-order valence-electron chi connectivity index (χ2n) is 3.79. The van der Waals surface area contributed by atoms with E-state index in [0.29, 0.717) is 13.0 Å². The molecule has 0 aliphatic heterocycles. The molecular formula is C13H15NO2S. The smallest absolute Gasteiger partial charge is 0.225 e. The van der Waals surface area contributed by atoms with Gasteiger partial charge in [0.1, 0.15) is 5.76 Å². The van der Waals surface area contributed by atoms with Crippen molar-refractivity contribution in [3.8, 4) is 0 Å². The number of carbonyl (C=O) groups excluding carboxylic acids is 1. The first-order valence-corrected chi connectivity index (χ1v) is 6.54. The van der Waals surface area contributed by atoms with Crippen LogP contribution in [0.2, 0.25) is 0 Å². The molecule has 2 aromatic heterocycles. The molecular weight excluding hydrogens is 234 g/mol. The standard InChI is InChI=1S/C13H15NO2S/c15-13(10-12-6-3-9-17-12)14-7-1-4-11-5-2-8-16-11/h2-3,5-6,8-9H,1,4,7,10H2,(H,14,15). The minimum Gasteiger partial charge on any atom is -0.469 e. The summed E-state index contributed by atoms with van der Waals surface area (Å²) >= 11 is 1.61. The largest absolute Gasteiger partial charge is 0.469 e. The Morgan fingerprint density at radius 3 is 3.00 bits per heavy atom. The van der Waals surface area contributed by atoms with E-state index in [2.05, 4.69) is 5.32 Å². The lowest BCUT2D eigenvalue weighted by Gasteiger charge is -2.03. The minimum atomic E-state index is 0.0897. The van der Waals surface area contributed by atoms with Crippen LogP contribution in [0.5, 0.6) is 0 Å². The molecule has 0 atom stereocenters. The highest BCUT2D eigenvalue weighted by Crippen LogP contribution is 2.08. The van der Waals surface area contributed by atoms with Gasteiger partial charge in [0.2, 0.25) is 5.91 Å². The Hall–Kier alpha value is -1.55. The number of hydrogen-bond donors (Lipinski definition) is 1. The summed E-state index contributed by atoms with van der Waals surface area (Å²) in [5.41, 5.74) is 0. The summed E-state index contributed by atoms with van der Waals surface area (Å²) in [6.45, 7) is 0.699. The van der Waals surface area contributed by atoms with Crippen LogP contribution in [0.4, 0.5) is 0 Å². The topological polar surface area (TPSA) is 42.2 Å². The summed E-state index contributed by atoms with van der Waals surface area (Å²) < 4.78 is 5.21. The van der Waals surface area contributed by atoms with Gasteiger partial charge in [0.15, 0.2) is 0 Å². The van der Waals surface area contributed by atoms with Gasteiger partial charge in [-0.1, -0.05) is 6.07 Å². The zero-order valence-corrected chi connectivity index (χ0v) is 10.3. The number of thiophene rings is 1. The minimum absolute atomic E-state index is 0.0897. The predicted octanol–water partition coefficient (Wildman–Crippen LogP) is 2.63. The second kappa shape index (κ2) is 6.25. The Balaban J connectivity index is 1.60. The predicted molar refractivity (Wildman–Crippen MR) is 68.1 cm³/mol. The highest BCUT2D eigenvalue weighted by molar-refractivity contribution is 7.10. The molecule has 0 aliphatic carbocycles. The highest BCUT2D eigenvalue weighted by atomic mass is 32.1.